The van der Waals surface area contributed by atoms with Crippen LogP contribution in [-0.4, -0.2) is 12.6 Å². The van der Waals surface area contributed by atoms with Crippen molar-refractivity contribution in [3.63, 3.8) is 0 Å². The molecule has 0 aromatic rings. The fraction of sp³-hybridized carbons (Fsp3) is 0.818. The van der Waals surface area contributed by atoms with E-state index >= 15 is 0 Å². The Bertz CT molecular complexity index is 167. The van der Waals surface area contributed by atoms with Crippen molar-refractivity contribution < 1.29 is 0 Å². The Labute approximate surface area is 86.5 Å². The van der Waals surface area contributed by atoms with Gasteiger partial charge in [-0.2, -0.15) is 0 Å². The van der Waals surface area contributed by atoms with Gasteiger partial charge in [-0.1, -0.05) is 37.9 Å². The quantitative estimate of drug-likeness (QED) is 0.737. The number of hydrogen-bond donors (Lipinski definition) is 1. The lowest BCUT2D eigenvalue weighted by Gasteiger charge is -2.20. The minimum Gasteiger partial charge on any atom is -0.310 e. The zero-order valence-corrected chi connectivity index (χ0v) is 9.35. The van der Waals surface area contributed by atoms with Crippen molar-refractivity contribution in [1.29, 1.82) is 0 Å². The second kappa shape index (κ2) is 5.66. The molecule has 1 aliphatic carbocycles. The van der Waals surface area contributed by atoms with E-state index < -0.39 is 0 Å². The van der Waals surface area contributed by atoms with Crippen molar-refractivity contribution in [3.05, 3.63) is 11.6 Å². The van der Waals surface area contributed by atoms with Crippen LogP contribution in [0.5, 0.6) is 0 Å². The zero-order chi connectivity index (χ0) is 9.68. The second-order valence-corrected chi connectivity index (χ2v) is 4.23. The first kappa shape index (κ1) is 11.1. The van der Waals surface area contributed by atoms with Crippen LogP contribution >= 0.6 is 11.6 Å². The summed E-state index contributed by atoms with van der Waals surface area (Å²) in [4.78, 5) is 0. The summed E-state index contributed by atoms with van der Waals surface area (Å²) in [6, 6.07) is 0.706. The summed E-state index contributed by atoms with van der Waals surface area (Å²) in [6.07, 6.45) is 6.01. The Kier molecular flexibility index (Phi) is 4.82. The average Bonchev–Trinajstić information content (AvgIpc) is 2.48. The summed E-state index contributed by atoms with van der Waals surface area (Å²) in [5.41, 5.74) is 1.59. The fourth-order valence-corrected chi connectivity index (χ4v) is 2.46. The minimum atomic E-state index is 0.706. The molecule has 0 aliphatic heterocycles. The predicted octanol–water partition coefficient (Wildman–Crippen LogP) is 3.15. The predicted molar refractivity (Wildman–Crippen MR) is 59.0 cm³/mol. The highest BCUT2D eigenvalue weighted by atomic mass is 35.5. The molecule has 76 valence electrons. The van der Waals surface area contributed by atoms with Crippen LogP contribution in [0.1, 0.15) is 33.1 Å². The van der Waals surface area contributed by atoms with Gasteiger partial charge in [0, 0.05) is 18.1 Å². The third kappa shape index (κ3) is 2.99. The van der Waals surface area contributed by atoms with Gasteiger partial charge in [-0.15, -0.1) is 0 Å². The summed E-state index contributed by atoms with van der Waals surface area (Å²) >= 11 is 5.46. The van der Waals surface area contributed by atoms with Crippen LogP contribution in [0.3, 0.4) is 0 Å². The lowest BCUT2D eigenvalue weighted by Crippen LogP contribution is -2.32. The van der Waals surface area contributed by atoms with Crippen LogP contribution in [0.2, 0.25) is 0 Å². The summed E-state index contributed by atoms with van der Waals surface area (Å²) in [5, 5.41) is 3.53. The van der Waals surface area contributed by atoms with Gasteiger partial charge in [0.2, 0.25) is 0 Å². The van der Waals surface area contributed by atoms with Gasteiger partial charge >= 0.3 is 0 Å². The highest BCUT2D eigenvalue weighted by Crippen LogP contribution is 2.33. The Balaban J connectivity index is 2.28. The fourth-order valence-electron chi connectivity index (χ4n) is 2.38. The maximum Gasteiger partial charge on any atom is 0.0149 e. The molecule has 1 N–H and O–H groups in total. The first-order valence-corrected chi connectivity index (χ1v) is 5.71. The van der Waals surface area contributed by atoms with Crippen molar-refractivity contribution in [2.45, 2.75) is 39.2 Å². The zero-order valence-electron chi connectivity index (χ0n) is 8.59. The molecule has 1 nitrogen and oxygen atoms in total. The van der Waals surface area contributed by atoms with Gasteiger partial charge in [-0.05, 0) is 24.7 Å². The molecule has 0 radical (unpaired) electrons. The molecule has 1 aliphatic rings. The van der Waals surface area contributed by atoms with Crippen LogP contribution in [-0.2, 0) is 0 Å². The lowest BCUT2D eigenvalue weighted by atomic mass is 9.93. The summed E-state index contributed by atoms with van der Waals surface area (Å²) in [5.74, 6) is 1.76. The van der Waals surface area contributed by atoms with Gasteiger partial charge in [0.1, 0.15) is 0 Å². The summed E-state index contributed by atoms with van der Waals surface area (Å²) < 4.78 is 0. The third-order valence-electron chi connectivity index (χ3n) is 3.34. The number of hydrogen-bond acceptors (Lipinski definition) is 1. The lowest BCUT2D eigenvalue weighted by molar-refractivity contribution is 0.352. The molecule has 0 bridgehead atoms. The summed E-state index contributed by atoms with van der Waals surface area (Å²) in [7, 11) is 0. The number of nitrogens with one attached hydrogen (secondary N) is 1. The molecular formula is C11H20ClN. The van der Waals surface area contributed by atoms with Gasteiger partial charge < -0.3 is 5.32 Å². The average molecular weight is 202 g/mol. The first-order valence-electron chi connectivity index (χ1n) is 5.28. The van der Waals surface area contributed by atoms with Crippen molar-refractivity contribution >= 4 is 11.6 Å². The van der Waals surface area contributed by atoms with Gasteiger partial charge in [-0.25, -0.2) is 0 Å². The molecule has 3 unspecified atom stereocenters. The van der Waals surface area contributed by atoms with Crippen LogP contribution in [0.25, 0.3) is 0 Å². The van der Waals surface area contributed by atoms with Crippen LogP contribution in [0, 0.1) is 11.8 Å². The molecule has 1 fully saturated rings. The molecule has 0 amide bonds. The topological polar surface area (TPSA) is 12.0 Å². The SMILES string of the molecule is CCC1CCC(NC/C=C/Cl)C1C. The van der Waals surface area contributed by atoms with Gasteiger partial charge in [0.05, 0.1) is 0 Å². The summed E-state index contributed by atoms with van der Waals surface area (Å²) in [6.45, 7) is 5.57. The second-order valence-electron chi connectivity index (χ2n) is 3.98. The smallest absolute Gasteiger partial charge is 0.0149 e. The van der Waals surface area contributed by atoms with Gasteiger partial charge in [-0.3, -0.25) is 0 Å². The van der Waals surface area contributed by atoms with Crippen LogP contribution in [0.4, 0.5) is 0 Å². The monoisotopic (exact) mass is 201 g/mol. The van der Waals surface area contributed by atoms with E-state index in [0.717, 1.165) is 18.4 Å². The highest BCUT2D eigenvalue weighted by Gasteiger charge is 2.30. The molecule has 1 rings (SSSR count). The largest absolute Gasteiger partial charge is 0.310 e. The van der Waals surface area contributed by atoms with E-state index in [0.29, 0.717) is 6.04 Å². The molecular weight excluding hydrogens is 182 g/mol. The molecule has 0 aromatic carbocycles. The van der Waals surface area contributed by atoms with E-state index in [2.05, 4.69) is 19.2 Å². The molecule has 0 aromatic heterocycles. The first-order chi connectivity index (χ1) is 6.29. The normalized spacial score (nSPS) is 34.5. The standard InChI is InChI=1S/C11H20ClN/c1-3-10-5-6-11(9(10)2)13-8-4-7-12/h4,7,9-11,13H,3,5-6,8H2,1-2H3/b7-4+. The van der Waals surface area contributed by atoms with Gasteiger partial charge in [0.25, 0.3) is 0 Å². The Hall–Kier alpha value is -0.0100. The van der Waals surface area contributed by atoms with Crippen molar-refractivity contribution in [2.75, 3.05) is 6.54 Å². The van der Waals surface area contributed by atoms with E-state index in [1.807, 2.05) is 6.08 Å². The number of halogens is 1. The molecule has 13 heavy (non-hydrogen) atoms. The minimum absolute atomic E-state index is 0.706. The van der Waals surface area contributed by atoms with E-state index in [4.69, 9.17) is 11.6 Å². The Morgan fingerprint density at radius 2 is 2.23 bits per heavy atom. The Morgan fingerprint density at radius 3 is 2.77 bits per heavy atom. The Morgan fingerprint density at radius 1 is 1.46 bits per heavy atom. The molecule has 0 heterocycles. The molecule has 0 saturated heterocycles. The molecule has 3 atom stereocenters. The third-order valence-corrected chi connectivity index (χ3v) is 3.52. The van der Waals surface area contributed by atoms with Crippen LogP contribution in [0.15, 0.2) is 11.6 Å². The van der Waals surface area contributed by atoms with Crippen LogP contribution < -0.4 is 5.32 Å². The van der Waals surface area contributed by atoms with E-state index in [1.165, 1.54) is 19.3 Å². The van der Waals surface area contributed by atoms with Crippen molar-refractivity contribution in [2.24, 2.45) is 11.8 Å². The maximum absolute atomic E-state index is 5.46. The van der Waals surface area contributed by atoms with Gasteiger partial charge in [0.15, 0.2) is 0 Å². The molecule has 2 heteroatoms. The van der Waals surface area contributed by atoms with E-state index in [1.54, 1.807) is 5.54 Å². The van der Waals surface area contributed by atoms with Crippen molar-refractivity contribution in [3.8, 4) is 0 Å². The molecule has 0 spiro atoms. The maximum atomic E-state index is 5.46. The van der Waals surface area contributed by atoms with Crippen molar-refractivity contribution in [1.82, 2.24) is 5.32 Å². The number of rotatable bonds is 4. The molecule has 1 saturated carbocycles. The van der Waals surface area contributed by atoms with E-state index in [9.17, 15) is 0 Å². The van der Waals surface area contributed by atoms with E-state index in [-0.39, 0.29) is 0 Å². The highest BCUT2D eigenvalue weighted by molar-refractivity contribution is 6.25.